The molecule has 0 aliphatic carbocycles. The largest absolute Gasteiger partial charge is 0.398 e. The van der Waals surface area contributed by atoms with Crippen LogP contribution in [-0.2, 0) is 14.8 Å². The summed E-state index contributed by atoms with van der Waals surface area (Å²) in [5, 5.41) is 0. The van der Waals surface area contributed by atoms with Gasteiger partial charge in [-0.1, -0.05) is 15.9 Å². The van der Waals surface area contributed by atoms with Crippen LogP contribution < -0.4 is 11.5 Å². The Kier molecular flexibility index (Phi) is 4.12. The lowest BCUT2D eigenvalue weighted by Gasteiger charge is -2.16. The van der Waals surface area contributed by atoms with Gasteiger partial charge in [0.1, 0.15) is 4.90 Å². The van der Waals surface area contributed by atoms with Gasteiger partial charge in [0.15, 0.2) is 0 Å². The molecular weight excluding hydrogens is 310 g/mol. The van der Waals surface area contributed by atoms with Crippen LogP contribution in [0.15, 0.2) is 27.6 Å². The van der Waals surface area contributed by atoms with Crippen molar-refractivity contribution in [3.63, 3.8) is 0 Å². The first kappa shape index (κ1) is 13.9. The summed E-state index contributed by atoms with van der Waals surface area (Å²) >= 11 is 3.18. The zero-order valence-electron chi connectivity index (χ0n) is 9.05. The number of hydrogen-bond acceptors (Lipinski definition) is 4. The van der Waals surface area contributed by atoms with E-state index in [9.17, 15) is 13.2 Å². The summed E-state index contributed by atoms with van der Waals surface area (Å²) in [7, 11) is -2.53. The maximum absolute atomic E-state index is 12.0. The summed E-state index contributed by atoms with van der Waals surface area (Å²) in [4.78, 5) is 10.7. The lowest BCUT2D eigenvalue weighted by molar-refractivity contribution is -0.118. The van der Waals surface area contributed by atoms with Gasteiger partial charge in [0.2, 0.25) is 15.9 Å². The van der Waals surface area contributed by atoms with Crippen LogP contribution in [0.1, 0.15) is 0 Å². The van der Waals surface area contributed by atoms with E-state index in [-0.39, 0.29) is 10.6 Å². The number of amides is 1. The van der Waals surface area contributed by atoms with Crippen molar-refractivity contribution in [3.05, 3.63) is 22.7 Å². The summed E-state index contributed by atoms with van der Waals surface area (Å²) in [6.45, 7) is -0.391. The molecule has 4 N–H and O–H groups in total. The number of hydrogen-bond donors (Lipinski definition) is 2. The Morgan fingerprint density at radius 2 is 2.06 bits per heavy atom. The molecule has 0 unspecified atom stereocenters. The summed E-state index contributed by atoms with van der Waals surface area (Å²) in [5.41, 5.74) is 10.7. The molecule has 94 valence electrons. The normalized spacial score (nSPS) is 11.7. The Morgan fingerprint density at radius 1 is 1.47 bits per heavy atom. The zero-order chi connectivity index (χ0) is 13.2. The molecule has 8 heteroatoms. The topological polar surface area (TPSA) is 106 Å². The number of primary amides is 1. The summed E-state index contributed by atoms with van der Waals surface area (Å²) in [6, 6.07) is 4.40. The van der Waals surface area contributed by atoms with Crippen molar-refractivity contribution in [1.82, 2.24) is 4.31 Å². The first-order chi connectivity index (χ1) is 7.75. The lowest BCUT2D eigenvalue weighted by Crippen LogP contribution is -2.35. The minimum atomic E-state index is -3.79. The number of nitrogens with two attached hydrogens (primary N) is 2. The fourth-order valence-electron chi connectivity index (χ4n) is 1.23. The summed E-state index contributed by atoms with van der Waals surface area (Å²) in [5.74, 6) is -0.730. The number of rotatable bonds is 4. The van der Waals surface area contributed by atoms with Gasteiger partial charge < -0.3 is 11.5 Å². The molecule has 0 heterocycles. The molecule has 0 saturated heterocycles. The monoisotopic (exact) mass is 321 g/mol. The predicted octanol–water partition coefficient (Wildman–Crippen LogP) is 0.137. The average molecular weight is 322 g/mol. The van der Waals surface area contributed by atoms with Crippen LogP contribution in [0.25, 0.3) is 0 Å². The van der Waals surface area contributed by atoms with Crippen LogP contribution in [-0.4, -0.2) is 32.2 Å². The molecule has 1 amide bonds. The highest BCUT2D eigenvalue weighted by Gasteiger charge is 2.24. The Hall–Kier alpha value is -1.12. The van der Waals surface area contributed by atoms with E-state index in [0.717, 1.165) is 4.31 Å². The molecule has 1 rings (SSSR count). The van der Waals surface area contributed by atoms with Crippen molar-refractivity contribution in [3.8, 4) is 0 Å². The molecule has 0 aliphatic rings. The molecule has 0 saturated carbocycles. The molecule has 0 bridgehead atoms. The third-order valence-electron chi connectivity index (χ3n) is 2.04. The number of nitrogen functional groups attached to an aromatic ring is 1. The number of anilines is 1. The molecule has 1 aromatic rings. The number of nitrogens with zero attached hydrogens (tertiary/aromatic N) is 1. The SMILES string of the molecule is CN(CC(N)=O)S(=O)(=O)c1ccc(Br)cc1N. The second kappa shape index (κ2) is 5.03. The van der Waals surface area contributed by atoms with E-state index >= 15 is 0 Å². The van der Waals surface area contributed by atoms with Crippen molar-refractivity contribution < 1.29 is 13.2 Å². The minimum Gasteiger partial charge on any atom is -0.398 e. The fourth-order valence-corrected chi connectivity index (χ4v) is 2.84. The van der Waals surface area contributed by atoms with Crippen LogP contribution >= 0.6 is 15.9 Å². The van der Waals surface area contributed by atoms with Crippen LogP contribution in [0, 0.1) is 0 Å². The number of sulfonamides is 1. The zero-order valence-corrected chi connectivity index (χ0v) is 11.5. The molecule has 1 aromatic carbocycles. The summed E-state index contributed by atoms with van der Waals surface area (Å²) < 4.78 is 25.6. The number of carbonyl (C=O) groups excluding carboxylic acids is 1. The Morgan fingerprint density at radius 3 is 2.53 bits per heavy atom. The van der Waals surface area contributed by atoms with E-state index < -0.39 is 22.5 Å². The Labute approximate surface area is 108 Å². The van der Waals surface area contributed by atoms with Crippen LogP contribution in [0.2, 0.25) is 0 Å². The predicted molar refractivity (Wildman–Crippen MR) is 67.6 cm³/mol. The smallest absolute Gasteiger partial charge is 0.245 e. The van der Waals surface area contributed by atoms with Crippen LogP contribution in [0.4, 0.5) is 5.69 Å². The standard InChI is InChI=1S/C9H12BrN3O3S/c1-13(5-9(12)14)17(15,16)8-3-2-6(10)4-7(8)11/h2-4H,5,11H2,1H3,(H2,12,14). The van der Waals surface area contributed by atoms with Crippen molar-refractivity contribution in [1.29, 1.82) is 0 Å². The third kappa shape index (κ3) is 3.18. The van der Waals surface area contributed by atoms with Gasteiger partial charge >= 0.3 is 0 Å². The Bertz CT molecular complexity index is 544. The molecule has 6 nitrogen and oxygen atoms in total. The van der Waals surface area contributed by atoms with Gasteiger partial charge in [-0.05, 0) is 18.2 Å². The van der Waals surface area contributed by atoms with E-state index in [2.05, 4.69) is 15.9 Å². The highest BCUT2D eigenvalue weighted by atomic mass is 79.9. The number of halogens is 1. The van der Waals surface area contributed by atoms with E-state index in [1.165, 1.54) is 19.2 Å². The number of likely N-dealkylation sites (N-methyl/N-ethyl adjacent to an activating group) is 1. The van der Waals surface area contributed by atoms with Gasteiger partial charge in [-0.25, -0.2) is 8.42 Å². The second-order valence-corrected chi connectivity index (χ2v) is 6.34. The first-order valence-electron chi connectivity index (χ1n) is 4.55. The second-order valence-electron chi connectivity index (χ2n) is 3.41. The van der Waals surface area contributed by atoms with Gasteiger partial charge in [0, 0.05) is 11.5 Å². The van der Waals surface area contributed by atoms with E-state index in [4.69, 9.17) is 11.5 Å². The van der Waals surface area contributed by atoms with Gasteiger partial charge in [-0.2, -0.15) is 4.31 Å². The quantitative estimate of drug-likeness (QED) is 0.769. The number of benzene rings is 1. The maximum atomic E-state index is 12.0. The minimum absolute atomic E-state index is 0.0514. The van der Waals surface area contributed by atoms with Crippen LogP contribution in [0.5, 0.6) is 0 Å². The highest BCUT2D eigenvalue weighted by molar-refractivity contribution is 9.10. The van der Waals surface area contributed by atoms with Crippen LogP contribution in [0.3, 0.4) is 0 Å². The molecule has 0 atom stereocenters. The maximum Gasteiger partial charge on any atom is 0.245 e. The van der Waals surface area contributed by atoms with Crippen molar-refractivity contribution >= 4 is 37.5 Å². The van der Waals surface area contributed by atoms with Crippen molar-refractivity contribution in [2.75, 3.05) is 19.3 Å². The van der Waals surface area contributed by atoms with Crippen molar-refractivity contribution in [2.24, 2.45) is 5.73 Å². The molecule has 0 fully saturated rings. The van der Waals surface area contributed by atoms with Gasteiger partial charge in [0.25, 0.3) is 0 Å². The number of carbonyl (C=O) groups is 1. The first-order valence-corrected chi connectivity index (χ1v) is 6.78. The Balaban J connectivity index is 3.17. The lowest BCUT2D eigenvalue weighted by atomic mass is 10.3. The molecule has 17 heavy (non-hydrogen) atoms. The molecule has 0 aromatic heterocycles. The molecular formula is C9H12BrN3O3S. The van der Waals surface area contributed by atoms with E-state index in [0.29, 0.717) is 4.47 Å². The fraction of sp³-hybridized carbons (Fsp3) is 0.222. The molecule has 0 aliphatic heterocycles. The molecule has 0 spiro atoms. The molecule has 0 radical (unpaired) electrons. The highest BCUT2D eigenvalue weighted by Crippen LogP contribution is 2.24. The van der Waals surface area contributed by atoms with E-state index in [1.807, 2.05) is 0 Å². The summed E-state index contributed by atoms with van der Waals surface area (Å²) in [6.07, 6.45) is 0. The average Bonchev–Trinajstić information content (AvgIpc) is 2.15. The third-order valence-corrected chi connectivity index (χ3v) is 4.41. The van der Waals surface area contributed by atoms with Gasteiger partial charge in [-0.15, -0.1) is 0 Å². The van der Waals surface area contributed by atoms with Gasteiger partial charge in [0.05, 0.1) is 12.2 Å². The van der Waals surface area contributed by atoms with Crippen molar-refractivity contribution in [2.45, 2.75) is 4.90 Å². The van der Waals surface area contributed by atoms with E-state index in [1.54, 1.807) is 6.07 Å². The van der Waals surface area contributed by atoms with Gasteiger partial charge in [-0.3, -0.25) is 4.79 Å².